The molecule has 0 aliphatic carbocycles. The van der Waals surface area contributed by atoms with E-state index in [-0.39, 0.29) is 6.61 Å². The van der Waals surface area contributed by atoms with E-state index in [9.17, 15) is 8.78 Å². The Balaban J connectivity index is 1.66. The van der Waals surface area contributed by atoms with E-state index >= 15 is 0 Å². The van der Waals surface area contributed by atoms with Gasteiger partial charge >= 0.3 is 0 Å². The van der Waals surface area contributed by atoms with E-state index in [1.807, 2.05) is 19.1 Å². The summed E-state index contributed by atoms with van der Waals surface area (Å²) < 4.78 is 33.3. The van der Waals surface area contributed by atoms with Gasteiger partial charge < -0.3 is 9.64 Å². The monoisotopic (exact) mass is 411 g/mol. The van der Waals surface area contributed by atoms with Crippen LogP contribution in [0.2, 0.25) is 0 Å². The van der Waals surface area contributed by atoms with Gasteiger partial charge in [0.2, 0.25) is 0 Å². The van der Waals surface area contributed by atoms with E-state index in [1.54, 1.807) is 11.3 Å². The van der Waals surface area contributed by atoms with Crippen molar-refractivity contribution < 1.29 is 13.5 Å². The van der Waals surface area contributed by atoms with Gasteiger partial charge in [0.05, 0.1) is 17.6 Å². The SMILES string of the molecule is CC1=CC(OCc2ccc(F)cc2F)=C(Br)CN1Cc1cccs1. The Morgan fingerprint density at radius 2 is 2.12 bits per heavy atom. The van der Waals surface area contributed by atoms with Crippen LogP contribution in [0.15, 0.2) is 57.7 Å². The van der Waals surface area contributed by atoms with Crippen molar-refractivity contribution in [1.29, 1.82) is 0 Å². The van der Waals surface area contributed by atoms with Gasteiger partial charge in [-0.25, -0.2) is 8.78 Å². The fourth-order valence-corrected chi connectivity index (χ4v) is 3.67. The van der Waals surface area contributed by atoms with E-state index in [2.05, 4.69) is 32.3 Å². The largest absolute Gasteiger partial charge is 0.488 e. The number of hydrogen-bond acceptors (Lipinski definition) is 3. The van der Waals surface area contributed by atoms with Crippen molar-refractivity contribution >= 4 is 27.3 Å². The number of benzene rings is 1. The van der Waals surface area contributed by atoms with Gasteiger partial charge in [0.1, 0.15) is 24.0 Å². The Hall–Kier alpha value is -1.66. The first-order valence-electron chi connectivity index (χ1n) is 7.44. The third kappa shape index (κ3) is 4.05. The van der Waals surface area contributed by atoms with Crippen molar-refractivity contribution in [1.82, 2.24) is 4.90 Å². The summed E-state index contributed by atoms with van der Waals surface area (Å²) in [4.78, 5) is 3.53. The van der Waals surface area contributed by atoms with Crippen molar-refractivity contribution in [3.05, 3.63) is 79.8 Å². The molecule has 1 aliphatic heterocycles. The minimum atomic E-state index is -0.595. The van der Waals surface area contributed by atoms with Crippen LogP contribution in [0.4, 0.5) is 8.78 Å². The fourth-order valence-electron chi connectivity index (χ4n) is 2.41. The van der Waals surface area contributed by atoms with Gasteiger partial charge in [-0.05, 0) is 52.5 Å². The van der Waals surface area contributed by atoms with Crippen LogP contribution in [-0.2, 0) is 17.9 Å². The molecule has 0 N–H and O–H groups in total. The highest BCUT2D eigenvalue weighted by molar-refractivity contribution is 9.11. The number of allylic oxidation sites excluding steroid dienone is 2. The Kier molecular flexibility index (Phi) is 5.36. The molecule has 2 aromatic rings. The third-order valence-electron chi connectivity index (χ3n) is 3.76. The first-order valence-corrected chi connectivity index (χ1v) is 9.11. The lowest BCUT2D eigenvalue weighted by molar-refractivity contribution is 0.197. The minimum Gasteiger partial charge on any atom is -0.488 e. The van der Waals surface area contributed by atoms with Crippen LogP contribution < -0.4 is 0 Å². The van der Waals surface area contributed by atoms with Gasteiger partial charge in [0.25, 0.3) is 0 Å². The number of hydrogen-bond donors (Lipinski definition) is 0. The third-order valence-corrected chi connectivity index (χ3v) is 5.26. The minimum absolute atomic E-state index is 0.0608. The second-order valence-corrected chi connectivity index (χ2v) is 7.50. The van der Waals surface area contributed by atoms with Crippen LogP contribution in [-0.4, -0.2) is 11.4 Å². The fraction of sp³-hybridized carbons (Fsp3) is 0.222. The molecule has 2 nitrogen and oxygen atoms in total. The molecule has 126 valence electrons. The molecular formula is C18H16BrF2NOS. The van der Waals surface area contributed by atoms with Crippen molar-refractivity contribution in [2.45, 2.75) is 20.1 Å². The molecule has 0 saturated carbocycles. The average Bonchev–Trinajstić information content (AvgIpc) is 3.03. The number of thiophene rings is 1. The lowest BCUT2D eigenvalue weighted by atomic mass is 10.2. The number of nitrogens with zero attached hydrogens (tertiary/aromatic N) is 1. The summed E-state index contributed by atoms with van der Waals surface area (Å²) in [5.74, 6) is -0.504. The molecule has 1 aromatic carbocycles. The van der Waals surface area contributed by atoms with E-state index in [4.69, 9.17) is 4.74 Å². The van der Waals surface area contributed by atoms with E-state index in [0.29, 0.717) is 17.9 Å². The lowest BCUT2D eigenvalue weighted by Gasteiger charge is -2.29. The van der Waals surface area contributed by atoms with Gasteiger partial charge in [-0.2, -0.15) is 0 Å². The van der Waals surface area contributed by atoms with Crippen LogP contribution in [0, 0.1) is 11.6 Å². The topological polar surface area (TPSA) is 12.5 Å². The molecule has 0 amide bonds. The Morgan fingerprint density at radius 3 is 2.83 bits per heavy atom. The van der Waals surface area contributed by atoms with Crippen LogP contribution in [0.1, 0.15) is 17.4 Å². The second kappa shape index (κ2) is 7.49. The summed E-state index contributed by atoms with van der Waals surface area (Å²) >= 11 is 5.28. The van der Waals surface area contributed by atoms with Crippen molar-refractivity contribution in [3.8, 4) is 0 Å². The van der Waals surface area contributed by atoms with Crippen molar-refractivity contribution in [2.75, 3.05) is 6.54 Å². The summed E-state index contributed by atoms with van der Waals surface area (Å²) in [6.45, 7) is 3.62. The lowest BCUT2D eigenvalue weighted by Crippen LogP contribution is -2.26. The molecule has 0 unspecified atom stereocenters. The molecular weight excluding hydrogens is 396 g/mol. The predicted molar refractivity (Wildman–Crippen MR) is 95.6 cm³/mol. The maximum absolute atomic E-state index is 13.7. The number of halogens is 3. The first-order chi connectivity index (χ1) is 11.5. The molecule has 0 bridgehead atoms. The molecule has 0 spiro atoms. The zero-order valence-corrected chi connectivity index (χ0v) is 15.5. The van der Waals surface area contributed by atoms with Crippen LogP contribution in [0.3, 0.4) is 0 Å². The molecule has 0 radical (unpaired) electrons. The second-order valence-electron chi connectivity index (χ2n) is 5.51. The average molecular weight is 412 g/mol. The first kappa shape index (κ1) is 17.2. The van der Waals surface area contributed by atoms with Crippen molar-refractivity contribution in [2.24, 2.45) is 0 Å². The molecule has 0 atom stereocenters. The normalized spacial score (nSPS) is 14.8. The molecule has 1 aliphatic rings. The maximum atomic E-state index is 13.7. The van der Waals surface area contributed by atoms with Gasteiger partial charge in [-0.3, -0.25) is 0 Å². The quantitative estimate of drug-likeness (QED) is 0.637. The Morgan fingerprint density at radius 1 is 1.29 bits per heavy atom. The summed E-state index contributed by atoms with van der Waals surface area (Å²) in [6, 6.07) is 7.66. The maximum Gasteiger partial charge on any atom is 0.133 e. The highest BCUT2D eigenvalue weighted by Gasteiger charge is 2.18. The molecule has 24 heavy (non-hydrogen) atoms. The molecule has 0 fully saturated rings. The highest BCUT2D eigenvalue weighted by Crippen LogP contribution is 2.28. The van der Waals surface area contributed by atoms with E-state index < -0.39 is 11.6 Å². The van der Waals surface area contributed by atoms with Gasteiger partial charge in [-0.1, -0.05) is 6.07 Å². The molecule has 1 aromatic heterocycles. The van der Waals surface area contributed by atoms with E-state index in [0.717, 1.165) is 22.8 Å². The summed E-state index contributed by atoms with van der Waals surface area (Å²) in [6.07, 6.45) is 1.93. The number of ether oxygens (including phenoxy) is 1. The zero-order valence-electron chi connectivity index (χ0n) is 13.1. The smallest absolute Gasteiger partial charge is 0.133 e. The molecule has 3 rings (SSSR count). The standard InChI is InChI=1S/C18H16BrF2NOS/c1-12-7-18(23-11-13-4-5-14(20)8-17(13)21)16(19)10-22(12)9-15-3-2-6-24-15/h2-8H,9-11H2,1H3. The molecule has 0 saturated heterocycles. The van der Waals surface area contributed by atoms with Crippen LogP contribution in [0.25, 0.3) is 0 Å². The molecule has 6 heteroatoms. The molecule has 2 heterocycles. The van der Waals surface area contributed by atoms with Gasteiger partial charge in [0, 0.05) is 22.2 Å². The summed E-state index contributed by atoms with van der Waals surface area (Å²) in [5.41, 5.74) is 1.41. The van der Waals surface area contributed by atoms with Crippen LogP contribution in [0.5, 0.6) is 0 Å². The van der Waals surface area contributed by atoms with Crippen LogP contribution >= 0.6 is 27.3 Å². The zero-order chi connectivity index (χ0) is 17.1. The Bertz CT molecular complexity index is 786. The van der Waals surface area contributed by atoms with Gasteiger partial charge in [-0.15, -0.1) is 11.3 Å². The van der Waals surface area contributed by atoms with Crippen molar-refractivity contribution in [3.63, 3.8) is 0 Å². The number of rotatable bonds is 5. The Labute approximate surface area is 152 Å². The summed E-state index contributed by atoms with van der Waals surface area (Å²) in [7, 11) is 0. The summed E-state index contributed by atoms with van der Waals surface area (Å²) in [5, 5.41) is 2.06. The van der Waals surface area contributed by atoms with E-state index in [1.165, 1.54) is 17.0 Å². The predicted octanol–water partition coefficient (Wildman–Crippen LogP) is 5.57. The van der Waals surface area contributed by atoms with Gasteiger partial charge in [0.15, 0.2) is 0 Å². The highest BCUT2D eigenvalue weighted by atomic mass is 79.9.